The summed E-state index contributed by atoms with van der Waals surface area (Å²) in [4.78, 5) is 23.4. The second kappa shape index (κ2) is 6.90. The number of carboxylic acid groups (broad SMARTS) is 1. The lowest BCUT2D eigenvalue weighted by atomic mass is 9.86. The molecule has 3 N–H and O–H groups in total. The molecule has 0 bridgehead atoms. The quantitative estimate of drug-likeness (QED) is 0.704. The third-order valence-corrected chi connectivity index (χ3v) is 6.54. The summed E-state index contributed by atoms with van der Waals surface area (Å²) in [6.45, 7) is 0.903. The molecule has 0 aliphatic heterocycles. The molecule has 0 spiro atoms. The first-order valence-electron chi connectivity index (χ1n) is 7.82. The summed E-state index contributed by atoms with van der Waals surface area (Å²) in [5.74, 6) is -0.781. The highest BCUT2D eigenvalue weighted by Crippen LogP contribution is 2.40. The molecule has 0 aromatic rings. The van der Waals surface area contributed by atoms with Crippen molar-refractivity contribution in [2.24, 2.45) is 5.41 Å². The first-order chi connectivity index (χ1) is 10.0. The van der Waals surface area contributed by atoms with Gasteiger partial charge in [-0.15, -0.1) is 0 Å². The topological polar surface area (TPSA) is 78.4 Å². The lowest BCUT2D eigenvalue weighted by Crippen LogP contribution is -2.48. The van der Waals surface area contributed by atoms with Crippen molar-refractivity contribution in [3.05, 3.63) is 0 Å². The van der Waals surface area contributed by atoms with Gasteiger partial charge in [0.15, 0.2) is 0 Å². The molecule has 0 atom stereocenters. The van der Waals surface area contributed by atoms with E-state index in [0.29, 0.717) is 19.4 Å². The van der Waals surface area contributed by atoms with Gasteiger partial charge in [0.2, 0.25) is 0 Å². The molecule has 2 saturated carbocycles. The zero-order valence-electron chi connectivity index (χ0n) is 12.7. The highest BCUT2D eigenvalue weighted by atomic mass is 32.2. The Labute approximate surface area is 130 Å². The van der Waals surface area contributed by atoms with Crippen molar-refractivity contribution in [3.63, 3.8) is 0 Å². The Kier molecular flexibility index (Phi) is 5.41. The molecule has 21 heavy (non-hydrogen) atoms. The van der Waals surface area contributed by atoms with Gasteiger partial charge in [-0.25, -0.2) is 4.79 Å². The van der Waals surface area contributed by atoms with Crippen LogP contribution in [0, 0.1) is 5.41 Å². The third kappa shape index (κ3) is 3.84. The van der Waals surface area contributed by atoms with E-state index in [2.05, 4.69) is 16.9 Å². The highest BCUT2D eigenvalue weighted by molar-refractivity contribution is 8.00. The maximum atomic E-state index is 12.0. The molecule has 0 unspecified atom stereocenters. The standard InChI is InChI=1S/C15H26N2O3S/c1-21-15(8-4-5-9-15)11-17-13(20)16-10-14(12(18)19)6-2-3-7-14/h2-11H2,1H3,(H,18,19)(H2,16,17,20). The maximum absolute atomic E-state index is 12.0. The monoisotopic (exact) mass is 314 g/mol. The minimum Gasteiger partial charge on any atom is -0.481 e. The van der Waals surface area contributed by atoms with Crippen LogP contribution >= 0.6 is 11.8 Å². The fourth-order valence-corrected chi connectivity index (χ4v) is 4.46. The van der Waals surface area contributed by atoms with Crippen molar-refractivity contribution in [1.82, 2.24) is 10.6 Å². The van der Waals surface area contributed by atoms with Crippen LogP contribution in [0.25, 0.3) is 0 Å². The Hall–Kier alpha value is -0.910. The number of amides is 2. The summed E-state index contributed by atoms with van der Waals surface area (Å²) in [7, 11) is 0. The molecular formula is C15H26N2O3S. The molecule has 0 aromatic carbocycles. The lowest BCUT2D eigenvalue weighted by Gasteiger charge is -2.28. The van der Waals surface area contributed by atoms with Crippen LogP contribution < -0.4 is 10.6 Å². The van der Waals surface area contributed by atoms with E-state index in [1.807, 2.05) is 11.8 Å². The number of rotatable bonds is 6. The summed E-state index contributed by atoms with van der Waals surface area (Å²) in [6, 6.07) is -0.233. The second-order valence-corrected chi connectivity index (χ2v) is 7.70. The summed E-state index contributed by atoms with van der Waals surface area (Å²) in [5.41, 5.74) is -0.748. The fraction of sp³-hybridized carbons (Fsp3) is 0.867. The van der Waals surface area contributed by atoms with E-state index in [4.69, 9.17) is 0 Å². The Morgan fingerprint density at radius 3 is 2.05 bits per heavy atom. The molecular weight excluding hydrogens is 288 g/mol. The van der Waals surface area contributed by atoms with Gasteiger partial charge in [0.25, 0.3) is 0 Å². The van der Waals surface area contributed by atoms with E-state index >= 15 is 0 Å². The van der Waals surface area contributed by atoms with Crippen molar-refractivity contribution >= 4 is 23.8 Å². The van der Waals surface area contributed by atoms with E-state index in [1.54, 1.807) is 0 Å². The molecule has 2 amide bonds. The minimum atomic E-state index is -0.781. The van der Waals surface area contributed by atoms with Gasteiger partial charge in [-0.1, -0.05) is 25.7 Å². The molecule has 5 nitrogen and oxygen atoms in total. The van der Waals surface area contributed by atoms with Crippen LogP contribution in [0.5, 0.6) is 0 Å². The summed E-state index contributed by atoms with van der Waals surface area (Å²) in [6.07, 6.45) is 10.0. The first kappa shape index (κ1) is 16.5. The Morgan fingerprint density at radius 1 is 1.00 bits per heavy atom. The Balaban J connectivity index is 1.78. The molecule has 0 radical (unpaired) electrons. The van der Waals surface area contributed by atoms with E-state index < -0.39 is 11.4 Å². The molecule has 120 valence electrons. The molecule has 2 aliphatic carbocycles. The van der Waals surface area contributed by atoms with E-state index in [1.165, 1.54) is 12.8 Å². The third-order valence-electron chi connectivity index (χ3n) is 5.12. The average molecular weight is 314 g/mol. The van der Waals surface area contributed by atoms with E-state index in [9.17, 15) is 14.7 Å². The molecule has 0 saturated heterocycles. The maximum Gasteiger partial charge on any atom is 0.314 e. The van der Waals surface area contributed by atoms with Gasteiger partial charge in [0.05, 0.1) is 5.41 Å². The predicted octanol–water partition coefficient (Wildman–Crippen LogP) is 2.61. The number of aliphatic carboxylic acids is 1. The van der Waals surface area contributed by atoms with Crippen LogP contribution in [0.3, 0.4) is 0 Å². The van der Waals surface area contributed by atoms with Crippen LogP contribution in [0.4, 0.5) is 4.79 Å². The number of urea groups is 1. The summed E-state index contributed by atoms with van der Waals surface area (Å²) >= 11 is 1.83. The van der Waals surface area contributed by atoms with Gasteiger partial charge in [-0.3, -0.25) is 4.79 Å². The van der Waals surface area contributed by atoms with Crippen LogP contribution in [0.2, 0.25) is 0 Å². The second-order valence-electron chi connectivity index (χ2n) is 6.42. The number of carbonyl (C=O) groups excluding carboxylic acids is 1. The Morgan fingerprint density at radius 2 is 1.52 bits per heavy atom. The normalized spacial score (nSPS) is 22.9. The van der Waals surface area contributed by atoms with Gasteiger partial charge in [0.1, 0.15) is 0 Å². The van der Waals surface area contributed by atoms with Gasteiger partial charge in [0, 0.05) is 17.8 Å². The number of hydrogen-bond donors (Lipinski definition) is 3. The number of carboxylic acids is 1. The lowest BCUT2D eigenvalue weighted by molar-refractivity contribution is -0.148. The number of thioether (sulfide) groups is 1. The van der Waals surface area contributed by atoms with Crippen LogP contribution in [-0.2, 0) is 4.79 Å². The van der Waals surface area contributed by atoms with Crippen LogP contribution in [0.1, 0.15) is 51.4 Å². The van der Waals surface area contributed by atoms with Crippen molar-refractivity contribution in [1.29, 1.82) is 0 Å². The number of hydrogen-bond acceptors (Lipinski definition) is 3. The van der Waals surface area contributed by atoms with E-state index in [-0.39, 0.29) is 17.3 Å². The van der Waals surface area contributed by atoms with E-state index in [0.717, 1.165) is 25.7 Å². The molecule has 2 aliphatic rings. The fourth-order valence-electron chi connectivity index (χ4n) is 3.54. The SMILES string of the molecule is CSC1(CNC(=O)NCC2(C(=O)O)CCCC2)CCCC1. The van der Waals surface area contributed by atoms with Crippen molar-refractivity contribution in [2.45, 2.75) is 56.1 Å². The summed E-state index contributed by atoms with van der Waals surface area (Å²) in [5, 5.41) is 15.1. The van der Waals surface area contributed by atoms with Gasteiger partial charge >= 0.3 is 12.0 Å². The van der Waals surface area contributed by atoms with Gasteiger partial charge < -0.3 is 15.7 Å². The van der Waals surface area contributed by atoms with Crippen molar-refractivity contribution in [3.8, 4) is 0 Å². The Bertz CT molecular complexity index is 388. The number of carbonyl (C=O) groups is 2. The molecule has 0 heterocycles. The molecule has 2 rings (SSSR count). The molecule has 6 heteroatoms. The largest absolute Gasteiger partial charge is 0.481 e. The number of nitrogens with one attached hydrogen (secondary N) is 2. The van der Waals surface area contributed by atoms with Crippen molar-refractivity contribution < 1.29 is 14.7 Å². The smallest absolute Gasteiger partial charge is 0.314 e. The first-order valence-corrected chi connectivity index (χ1v) is 9.05. The zero-order chi connectivity index (χ0) is 15.3. The van der Waals surface area contributed by atoms with Crippen molar-refractivity contribution in [2.75, 3.05) is 19.3 Å². The average Bonchev–Trinajstić information content (AvgIpc) is 3.13. The highest BCUT2D eigenvalue weighted by Gasteiger charge is 2.41. The van der Waals surface area contributed by atoms with Gasteiger partial charge in [-0.05, 0) is 31.9 Å². The predicted molar refractivity (Wildman–Crippen MR) is 84.7 cm³/mol. The molecule has 2 fully saturated rings. The van der Waals surface area contributed by atoms with Crippen LogP contribution in [-0.4, -0.2) is 41.2 Å². The molecule has 0 aromatic heterocycles. The van der Waals surface area contributed by atoms with Crippen LogP contribution in [0.15, 0.2) is 0 Å². The van der Waals surface area contributed by atoms with Gasteiger partial charge in [-0.2, -0.15) is 11.8 Å². The summed E-state index contributed by atoms with van der Waals surface area (Å²) < 4.78 is 0.176. The minimum absolute atomic E-state index is 0.176. The zero-order valence-corrected chi connectivity index (χ0v) is 13.6.